The molecule has 0 aliphatic carbocycles. The van der Waals surface area contributed by atoms with Crippen molar-refractivity contribution in [3.05, 3.63) is 23.7 Å². The van der Waals surface area contributed by atoms with Gasteiger partial charge in [-0.2, -0.15) is 0 Å². The van der Waals surface area contributed by atoms with Crippen molar-refractivity contribution in [2.24, 2.45) is 0 Å². The Balaban J connectivity index is 4.10. The van der Waals surface area contributed by atoms with Crippen LogP contribution in [0.5, 0.6) is 0 Å². The van der Waals surface area contributed by atoms with Crippen molar-refractivity contribution in [3.63, 3.8) is 0 Å². The maximum atomic E-state index is 11.2. The zero-order valence-electron chi connectivity index (χ0n) is 9.29. The summed E-state index contributed by atoms with van der Waals surface area (Å²) in [4.78, 5) is 11.2. The van der Waals surface area contributed by atoms with Gasteiger partial charge in [-0.1, -0.05) is 13.8 Å². The Kier molecular flexibility index (Phi) is 6.54. The minimum Gasteiger partial charge on any atom is -0.400 e. The molecule has 3 heteroatoms. The molecule has 0 saturated carbocycles. The van der Waals surface area contributed by atoms with E-state index >= 15 is 0 Å². The number of carbonyl (C=O) groups excluding carboxylic acids is 1. The van der Waals surface area contributed by atoms with Crippen molar-refractivity contribution in [2.75, 3.05) is 0 Å². The van der Waals surface area contributed by atoms with E-state index in [1.54, 1.807) is 12.2 Å². The molecule has 0 N–H and O–H groups in total. The summed E-state index contributed by atoms with van der Waals surface area (Å²) in [6.45, 7) is 7.48. The molecule has 0 heterocycles. The topological polar surface area (TPSA) is 35.5 Å². The van der Waals surface area contributed by atoms with Gasteiger partial charge in [0.1, 0.15) is 11.5 Å². The molecule has 0 fully saturated rings. The van der Waals surface area contributed by atoms with E-state index in [9.17, 15) is 4.79 Å². The Bertz CT molecular complexity index is 215. The van der Waals surface area contributed by atoms with E-state index in [0.717, 1.165) is 0 Å². The Morgan fingerprint density at radius 2 is 1.36 bits per heavy atom. The SMILES string of the molecule is CC=C(CC)OC(=O)OC(=CC)CC. The molecule has 0 saturated heterocycles. The van der Waals surface area contributed by atoms with Gasteiger partial charge in [0.15, 0.2) is 0 Å². The number of hydrogen-bond acceptors (Lipinski definition) is 3. The summed E-state index contributed by atoms with van der Waals surface area (Å²) in [7, 11) is 0. The van der Waals surface area contributed by atoms with Crippen molar-refractivity contribution in [1.29, 1.82) is 0 Å². The second kappa shape index (κ2) is 7.18. The standard InChI is InChI=1S/C11H18O3/c1-5-9(6-2)13-11(12)14-10(7-3)8-4/h5,7H,6,8H2,1-4H3. The minimum absolute atomic E-state index is 0.626. The van der Waals surface area contributed by atoms with Crippen LogP contribution < -0.4 is 0 Å². The van der Waals surface area contributed by atoms with Gasteiger partial charge in [0.05, 0.1) is 0 Å². The van der Waals surface area contributed by atoms with Crippen LogP contribution in [-0.4, -0.2) is 6.16 Å². The minimum atomic E-state index is -0.658. The molecular weight excluding hydrogens is 180 g/mol. The third-order valence-electron chi connectivity index (χ3n) is 1.77. The molecule has 0 radical (unpaired) electrons. The van der Waals surface area contributed by atoms with Gasteiger partial charge >= 0.3 is 6.16 Å². The summed E-state index contributed by atoms with van der Waals surface area (Å²) >= 11 is 0. The summed E-state index contributed by atoms with van der Waals surface area (Å²) < 4.78 is 9.88. The van der Waals surface area contributed by atoms with Crippen molar-refractivity contribution in [3.8, 4) is 0 Å². The number of ether oxygens (including phenoxy) is 2. The van der Waals surface area contributed by atoms with E-state index in [0.29, 0.717) is 24.4 Å². The average Bonchev–Trinajstić information content (AvgIpc) is 2.22. The van der Waals surface area contributed by atoms with Crippen LogP contribution in [0.4, 0.5) is 4.79 Å². The van der Waals surface area contributed by atoms with Gasteiger partial charge in [0.2, 0.25) is 0 Å². The Labute approximate surface area is 85.4 Å². The van der Waals surface area contributed by atoms with E-state index in [1.165, 1.54) is 0 Å². The largest absolute Gasteiger partial charge is 0.518 e. The summed E-state index contributed by atoms with van der Waals surface area (Å²) in [6.07, 6.45) is 4.21. The van der Waals surface area contributed by atoms with Gasteiger partial charge in [-0.25, -0.2) is 4.79 Å². The number of hydrogen-bond donors (Lipinski definition) is 0. The first kappa shape index (κ1) is 12.8. The first-order valence-electron chi connectivity index (χ1n) is 4.87. The zero-order valence-corrected chi connectivity index (χ0v) is 9.29. The lowest BCUT2D eigenvalue weighted by atomic mass is 10.4. The van der Waals surface area contributed by atoms with Gasteiger partial charge in [-0.15, -0.1) is 0 Å². The molecule has 80 valence electrons. The van der Waals surface area contributed by atoms with E-state index in [1.807, 2.05) is 27.7 Å². The Hall–Kier alpha value is -1.25. The van der Waals surface area contributed by atoms with Gasteiger partial charge in [-0.05, 0) is 26.0 Å². The molecule has 14 heavy (non-hydrogen) atoms. The molecule has 0 rings (SSSR count). The van der Waals surface area contributed by atoms with Crippen LogP contribution in [-0.2, 0) is 9.47 Å². The fourth-order valence-electron chi connectivity index (χ4n) is 0.905. The van der Waals surface area contributed by atoms with Gasteiger partial charge < -0.3 is 9.47 Å². The van der Waals surface area contributed by atoms with Crippen molar-refractivity contribution >= 4 is 6.16 Å². The predicted molar refractivity (Wildman–Crippen MR) is 55.7 cm³/mol. The van der Waals surface area contributed by atoms with E-state index in [4.69, 9.17) is 9.47 Å². The lowest BCUT2D eigenvalue weighted by molar-refractivity contribution is 0.0979. The molecule has 0 aromatic rings. The molecule has 0 spiro atoms. The van der Waals surface area contributed by atoms with Gasteiger partial charge in [0, 0.05) is 12.8 Å². The molecule has 0 bridgehead atoms. The number of rotatable bonds is 4. The molecule has 0 unspecified atom stereocenters. The highest BCUT2D eigenvalue weighted by Gasteiger charge is 2.08. The second-order valence-electron chi connectivity index (χ2n) is 2.67. The van der Waals surface area contributed by atoms with Crippen LogP contribution >= 0.6 is 0 Å². The van der Waals surface area contributed by atoms with Crippen LogP contribution in [0.25, 0.3) is 0 Å². The molecule has 0 aliphatic heterocycles. The summed E-state index contributed by atoms with van der Waals surface area (Å²) in [5.74, 6) is 1.25. The summed E-state index contributed by atoms with van der Waals surface area (Å²) in [5.41, 5.74) is 0. The highest BCUT2D eigenvalue weighted by atomic mass is 16.7. The van der Waals surface area contributed by atoms with E-state index in [-0.39, 0.29) is 0 Å². The van der Waals surface area contributed by atoms with E-state index < -0.39 is 6.16 Å². The smallest absolute Gasteiger partial charge is 0.400 e. The maximum Gasteiger partial charge on any atom is 0.518 e. The summed E-state index contributed by atoms with van der Waals surface area (Å²) in [5, 5.41) is 0. The van der Waals surface area contributed by atoms with Crippen LogP contribution in [0.15, 0.2) is 23.7 Å². The first-order chi connectivity index (χ1) is 6.67. The normalized spacial score (nSPS) is 12.6. The quantitative estimate of drug-likeness (QED) is 0.509. The highest BCUT2D eigenvalue weighted by Crippen LogP contribution is 2.09. The third-order valence-corrected chi connectivity index (χ3v) is 1.77. The average molecular weight is 198 g/mol. The summed E-state index contributed by atoms with van der Waals surface area (Å²) in [6, 6.07) is 0. The predicted octanol–water partition coefficient (Wildman–Crippen LogP) is 3.77. The molecule has 0 aromatic heterocycles. The lowest BCUT2D eigenvalue weighted by Gasteiger charge is -2.07. The fourth-order valence-corrected chi connectivity index (χ4v) is 0.905. The molecule has 0 aromatic carbocycles. The fraction of sp³-hybridized carbons (Fsp3) is 0.545. The number of allylic oxidation sites excluding steroid dienone is 4. The molecule has 0 aliphatic rings. The molecule has 0 amide bonds. The van der Waals surface area contributed by atoms with Gasteiger partial charge in [0.25, 0.3) is 0 Å². The Morgan fingerprint density at radius 1 is 1.00 bits per heavy atom. The van der Waals surface area contributed by atoms with Crippen LogP contribution in [0.1, 0.15) is 40.5 Å². The van der Waals surface area contributed by atoms with Gasteiger partial charge in [-0.3, -0.25) is 0 Å². The highest BCUT2D eigenvalue weighted by molar-refractivity contribution is 5.62. The maximum absolute atomic E-state index is 11.2. The number of carbonyl (C=O) groups is 1. The van der Waals surface area contributed by atoms with Crippen LogP contribution in [0.2, 0.25) is 0 Å². The van der Waals surface area contributed by atoms with Crippen molar-refractivity contribution < 1.29 is 14.3 Å². The Morgan fingerprint density at radius 3 is 1.57 bits per heavy atom. The molecule has 3 nitrogen and oxygen atoms in total. The first-order valence-corrected chi connectivity index (χ1v) is 4.87. The third kappa shape index (κ3) is 4.70. The molecular formula is C11H18O3. The lowest BCUT2D eigenvalue weighted by Crippen LogP contribution is -2.06. The van der Waals surface area contributed by atoms with Crippen LogP contribution in [0.3, 0.4) is 0 Å². The van der Waals surface area contributed by atoms with E-state index in [2.05, 4.69) is 0 Å². The molecule has 0 atom stereocenters. The van der Waals surface area contributed by atoms with Crippen LogP contribution in [0, 0.1) is 0 Å². The monoisotopic (exact) mass is 198 g/mol. The zero-order chi connectivity index (χ0) is 11.0. The van der Waals surface area contributed by atoms with Crippen molar-refractivity contribution in [2.45, 2.75) is 40.5 Å². The second-order valence-corrected chi connectivity index (χ2v) is 2.67. The van der Waals surface area contributed by atoms with Crippen molar-refractivity contribution in [1.82, 2.24) is 0 Å².